The van der Waals surface area contributed by atoms with Crippen molar-refractivity contribution in [3.63, 3.8) is 0 Å². The van der Waals surface area contributed by atoms with Crippen molar-refractivity contribution in [3.8, 4) is 5.82 Å². The van der Waals surface area contributed by atoms with Crippen LogP contribution in [0.2, 0.25) is 0 Å². The Kier molecular flexibility index (Phi) is 4.24. The average Bonchev–Trinajstić information content (AvgIpc) is 3.08. The van der Waals surface area contributed by atoms with Crippen LogP contribution in [0.3, 0.4) is 0 Å². The predicted octanol–water partition coefficient (Wildman–Crippen LogP) is 2.01. The lowest BCUT2D eigenvalue weighted by atomic mass is 10.2. The minimum Gasteiger partial charge on any atom is -0.378 e. The average molecular weight is 313 g/mol. The van der Waals surface area contributed by atoms with Gasteiger partial charge in [0.15, 0.2) is 5.82 Å². The summed E-state index contributed by atoms with van der Waals surface area (Å²) >= 11 is 0. The molecular weight excluding hydrogens is 298 g/mol. The monoisotopic (exact) mass is 313 g/mol. The molecule has 2 aromatic heterocycles. The maximum Gasteiger partial charge on any atom is 0.178 e. The van der Waals surface area contributed by atoms with Crippen LogP contribution in [0.1, 0.15) is 5.56 Å². The highest BCUT2D eigenvalue weighted by Gasteiger charge is 2.06. The summed E-state index contributed by atoms with van der Waals surface area (Å²) in [7, 11) is -0.950. The molecule has 0 amide bonds. The molecule has 3 aromatic rings. The van der Waals surface area contributed by atoms with Gasteiger partial charge >= 0.3 is 0 Å². The van der Waals surface area contributed by atoms with E-state index in [0.717, 1.165) is 16.1 Å². The maximum absolute atomic E-state index is 11.4. The van der Waals surface area contributed by atoms with Gasteiger partial charge in [-0.3, -0.25) is 4.21 Å². The molecular formula is C15H15N5OS. The van der Waals surface area contributed by atoms with Gasteiger partial charge in [-0.1, -0.05) is 12.1 Å². The summed E-state index contributed by atoms with van der Waals surface area (Å²) in [4.78, 5) is 9.10. The number of nitrogens with zero attached hydrogens (tertiary/aromatic N) is 4. The van der Waals surface area contributed by atoms with Gasteiger partial charge in [-0.25, -0.2) is 14.6 Å². The van der Waals surface area contributed by atoms with Gasteiger partial charge < -0.3 is 5.32 Å². The Bertz CT molecular complexity index is 771. The number of hydrogen-bond donors (Lipinski definition) is 1. The van der Waals surface area contributed by atoms with E-state index in [1.807, 2.05) is 36.4 Å². The van der Waals surface area contributed by atoms with Crippen molar-refractivity contribution >= 4 is 16.5 Å². The molecule has 3 rings (SSSR count). The molecule has 2 heterocycles. The first-order valence-corrected chi connectivity index (χ1v) is 8.26. The van der Waals surface area contributed by atoms with Gasteiger partial charge in [0, 0.05) is 34.7 Å². The maximum atomic E-state index is 11.4. The summed E-state index contributed by atoms with van der Waals surface area (Å²) in [5, 5.41) is 7.44. The van der Waals surface area contributed by atoms with Crippen molar-refractivity contribution < 1.29 is 4.21 Å². The third kappa shape index (κ3) is 3.20. The topological polar surface area (TPSA) is 72.7 Å². The third-order valence-electron chi connectivity index (χ3n) is 3.16. The summed E-state index contributed by atoms with van der Waals surface area (Å²) in [5.41, 5.74) is 1.97. The van der Waals surface area contributed by atoms with E-state index in [1.54, 1.807) is 23.5 Å². The molecule has 0 fully saturated rings. The number of benzene rings is 1. The van der Waals surface area contributed by atoms with Crippen LogP contribution in [-0.2, 0) is 17.3 Å². The van der Waals surface area contributed by atoms with E-state index in [0.29, 0.717) is 12.4 Å². The van der Waals surface area contributed by atoms with Crippen LogP contribution in [0.25, 0.3) is 5.82 Å². The largest absolute Gasteiger partial charge is 0.378 e. The van der Waals surface area contributed by atoms with E-state index in [-0.39, 0.29) is 0 Å². The van der Waals surface area contributed by atoms with Crippen LogP contribution in [0, 0.1) is 0 Å². The summed E-state index contributed by atoms with van der Waals surface area (Å²) in [6.45, 7) is 0.643. The van der Waals surface area contributed by atoms with Crippen molar-refractivity contribution in [2.45, 2.75) is 11.4 Å². The second-order valence-corrected chi connectivity index (χ2v) is 6.05. The zero-order valence-electron chi connectivity index (χ0n) is 12.0. The second kappa shape index (κ2) is 6.48. The molecule has 1 aromatic carbocycles. The Morgan fingerprint density at radius 3 is 2.73 bits per heavy atom. The summed E-state index contributed by atoms with van der Waals surface area (Å²) in [5.74, 6) is 0.700. The quantitative estimate of drug-likeness (QED) is 0.780. The number of hydrogen-bond acceptors (Lipinski definition) is 5. The highest BCUT2D eigenvalue weighted by molar-refractivity contribution is 7.84. The second-order valence-electron chi connectivity index (χ2n) is 4.67. The van der Waals surface area contributed by atoms with Crippen molar-refractivity contribution in [3.05, 3.63) is 60.8 Å². The lowest BCUT2D eigenvalue weighted by molar-refractivity contribution is 0.687. The normalized spacial score (nSPS) is 12.0. The molecule has 1 unspecified atom stereocenters. The van der Waals surface area contributed by atoms with Crippen molar-refractivity contribution in [1.82, 2.24) is 19.7 Å². The van der Waals surface area contributed by atoms with Gasteiger partial charge in [-0.15, -0.1) is 0 Å². The van der Waals surface area contributed by atoms with Crippen LogP contribution in [0.5, 0.6) is 0 Å². The molecule has 0 spiro atoms. The molecule has 0 bridgehead atoms. The molecule has 6 nitrogen and oxygen atoms in total. The fourth-order valence-electron chi connectivity index (χ4n) is 2.03. The summed E-state index contributed by atoms with van der Waals surface area (Å²) in [6, 6.07) is 11.5. The number of nitrogens with one attached hydrogen (secondary N) is 1. The van der Waals surface area contributed by atoms with Crippen LogP contribution < -0.4 is 5.32 Å². The first kappa shape index (κ1) is 14.4. The lowest BCUT2D eigenvalue weighted by Gasteiger charge is -2.10. The van der Waals surface area contributed by atoms with Gasteiger partial charge in [-0.05, 0) is 29.8 Å². The highest BCUT2D eigenvalue weighted by Crippen LogP contribution is 2.17. The van der Waals surface area contributed by atoms with E-state index < -0.39 is 10.8 Å². The van der Waals surface area contributed by atoms with Crippen LogP contribution in [0.15, 0.2) is 60.1 Å². The number of anilines is 1. The summed E-state index contributed by atoms with van der Waals surface area (Å²) in [6.07, 6.45) is 6.47. The Labute approximate surface area is 130 Å². The smallest absolute Gasteiger partial charge is 0.178 e. The van der Waals surface area contributed by atoms with E-state index in [4.69, 9.17) is 0 Å². The Hall–Kier alpha value is -2.54. The van der Waals surface area contributed by atoms with E-state index in [2.05, 4.69) is 20.4 Å². The van der Waals surface area contributed by atoms with Gasteiger partial charge in [-0.2, -0.15) is 5.10 Å². The van der Waals surface area contributed by atoms with Crippen molar-refractivity contribution in [1.29, 1.82) is 0 Å². The molecule has 0 saturated heterocycles. The lowest BCUT2D eigenvalue weighted by Crippen LogP contribution is -2.06. The standard InChI is InChI=1S/C15H15N5OS/c1-22(21)13-6-4-12(5-7-13)9-18-14-3-2-8-17-15(14)20-11-16-10-19-20/h2-8,10-11,18H,9H2,1H3. The van der Waals surface area contributed by atoms with Crippen LogP contribution in [-0.4, -0.2) is 30.2 Å². The van der Waals surface area contributed by atoms with E-state index in [1.165, 1.54) is 6.33 Å². The molecule has 0 aliphatic carbocycles. The predicted molar refractivity (Wildman–Crippen MR) is 85.3 cm³/mol. The van der Waals surface area contributed by atoms with Gasteiger partial charge in [0.1, 0.15) is 12.7 Å². The number of pyridine rings is 1. The van der Waals surface area contributed by atoms with Crippen LogP contribution >= 0.6 is 0 Å². The van der Waals surface area contributed by atoms with Gasteiger partial charge in [0.05, 0.1) is 5.69 Å². The number of aromatic nitrogens is 4. The fraction of sp³-hybridized carbons (Fsp3) is 0.133. The molecule has 0 aliphatic rings. The molecule has 1 N–H and O–H groups in total. The van der Waals surface area contributed by atoms with E-state index in [9.17, 15) is 4.21 Å². The SMILES string of the molecule is CS(=O)c1ccc(CNc2cccnc2-n2cncn2)cc1. The highest BCUT2D eigenvalue weighted by atomic mass is 32.2. The molecule has 112 valence electrons. The van der Waals surface area contributed by atoms with Crippen molar-refractivity contribution in [2.24, 2.45) is 0 Å². The van der Waals surface area contributed by atoms with Crippen molar-refractivity contribution in [2.75, 3.05) is 11.6 Å². The molecule has 1 atom stereocenters. The van der Waals surface area contributed by atoms with Gasteiger partial charge in [0.2, 0.25) is 0 Å². The van der Waals surface area contributed by atoms with E-state index >= 15 is 0 Å². The fourth-order valence-corrected chi connectivity index (χ4v) is 2.55. The summed E-state index contributed by atoms with van der Waals surface area (Å²) < 4.78 is 13.0. The minimum atomic E-state index is -0.950. The molecule has 0 aliphatic heterocycles. The Balaban J connectivity index is 1.76. The first-order chi connectivity index (χ1) is 10.7. The first-order valence-electron chi connectivity index (χ1n) is 6.70. The van der Waals surface area contributed by atoms with Crippen LogP contribution in [0.4, 0.5) is 5.69 Å². The Morgan fingerprint density at radius 2 is 2.05 bits per heavy atom. The minimum absolute atomic E-state index is 0.643. The third-order valence-corrected chi connectivity index (χ3v) is 4.10. The molecule has 0 radical (unpaired) electrons. The molecule has 7 heteroatoms. The molecule has 22 heavy (non-hydrogen) atoms. The number of rotatable bonds is 5. The molecule has 0 saturated carbocycles. The van der Waals surface area contributed by atoms with Gasteiger partial charge in [0.25, 0.3) is 0 Å². The Morgan fingerprint density at radius 1 is 1.23 bits per heavy atom. The zero-order valence-corrected chi connectivity index (χ0v) is 12.8. The zero-order chi connectivity index (χ0) is 15.4.